The minimum absolute atomic E-state index is 0.316. The van der Waals surface area contributed by atoms with Gasteiger partial charge in [-0.2, -0.15) is 11.8 Å². The largest absolute Gasteiger partial charge is 0.388 e. The molecule has 0 amide bonds. The van der Waals surface area contributed by atoms with Crippen LogP contribution in [-0.4, -0.2) is 16.6 Å². The van der Waals surface area contributed by atoms with Gasteiger partial charge in [-0.25, -0.2) is 0 Å². The van der Waals surface area contributed by atoms with Crippen LogP contribution in [0.4, 0.5) is 0 Å². The maximum Gasteiger partial charge on any atom is 0.0880 e. The first-order chi connectivity index (χ1) is 8.66. The molecule has 1 N–H and O–H groups in total. The van der Waals surface area contributed by atoms with Gasteiger partial charge in [0.1, 0.15) is 0 Å². The van der Waals surface area contributed by atoms with E-state index in [9.17, 15) is 5.11 Å². The zero-order valence-electron chi connectivity index (χ0n) is 11.4. The van der Waals surface area contributed by atoms with Gasteiger partial charge in [-0.15, -0.1) is 0 Å². The number of aliphatic hydroxyl groups is 1. The Morgan fingerprint density at radius 3 is 2.33 bits per heavy atom. The summed E-state index contributed by atoms with van der Waals surface area (Å²) in [6.07, 6.45) is 3.74. The summed E-state index contributed by atoms with van der Waals surface area (Å²) in [5, 5.41) is 10.1. The van der Waals surface area contributed by atoms with Crippen LogP contribution in [0.2, 0.25) is 0 Å². The summed E-state index contributed by atoms with van der Waals surface area (Å²) in [4.78, 5) is 0. The molecule has 1 aromatic rings. The Bertz CT molecular complexity index is 354. The van der Waals surface area contributed by atoms with Gasteiger partial charge in [0, 0.05) is 5.75 Å². The van der Waals surface area contributed by atoms with Crippen molar-refractivity contribution in [2.45, 2.75) is 45.1 Å². The first-order valence-electron chi connectivity index (χ1n) is 7.02. The zero-order chi connectivity index (χ0) is 13.0. The molecule has 0 radical (unpaired) electrons. The van der Waals surface area contributed by atoms with Crippen molar-refractivity contribution in [3.63, 3.8) is 0 Å². The average Bonchev–Trinajstić information content (AvgIpc) is 2.27. The summed E-state index contributed by atoms with van der Waals surface area (Å²) >= 11 is 1.84. The number of benzene rings is 1. The second kappa shape index (κ2) is 6.63. The van der Waals surface area contributed by atoms with Gasteiger partial charge in [0.2, 0.25) is 0 Å². The second-order valence-corrected chi connectivity index (χ2v) is 6.82. The van der Waals surface area contributed by atoms with E-state index in [-0.39, 0.29) is 6.10 Å². The summed E-state index contributed by atoms with van der Waals surface area (Å²) in [5.41, 5.74) is 2.52. The molecule has 1 fully saturated rings. The fourth-order valence-corrected chi connectivity index (χ4v) is 3.27. The lowest BCUT2D eigenvalue weighted by Crippen LogP contribution is -2.09. The molecule has 2 rings (SSSR count). The van der Waals surface area contributed by atoms with Crippen LogP contribution >= 0.6 is 11.8 Å². The van der Waals surface area contributed by atoms with E-state index in [4.69, 9.17) is 0 Å². The van der Waals surface area contributed by atoms with Gasteiger partial charge >= 0.3 is 0 Å². The van der Waals surface area contributed by atoms with Gasteiger partial charge in [-0.3, -0.25) is 0 Å². The van der Waals surface area contributed by atoms with Crippen molar-refractivity contribution in [2.24, 2.45) is 5.92 Å². The Morgan fingerprint density at radius 2 is 1.83 bits per heavy atom. The van der Waals surface area contributed by atoms with Gasteiger partial charge < -0.3 is 5.11 Å². The molecule has 1 saturated carbocycles. The van der Waals surface area contributed by atoms with E-state index >= 15 is 0 Å². The normalized spacial score (nSPS) is 17.8. The summed E-state index contributed by atoms with van der Waals surface area (Å²) < 4.78 is 0. The van der Waals surface area contributed by atoms with E-state index in [0.29, 0.717) is 5.92 Å². The highest BCUT2D eigenvalue weighted by molar-refractivity contribution is 7.99. The van der Waals surface area contributed by atoms with Crippen LogP contribution in [-0.2, 0) is 0 Å². The first-order valence-corrected chi connectivity index (χ1v) is 8.18. The number of thioether (sulfide) groups is 1. The molecule has 1 aliphatic rings. The summed E-state index contributed by atoms with van der Waals surface area (Å²) in [6, 6.07) is 8.62. The highest BCUT2D eigenvalue weighted by Crippen LogP contribution is 2.36. The molecule has 2 heteroatoms. The summed E-state index contributed by atoms with van der Waals surface area (Å²) in [7, 11) is 0. The number of aliphatic hydroxyl groups excluding tert-OH is 1. The maximum atomic E-state index is 10.1. The van der Waals surface area contributed by atoms with E-state index < -0.39 is 0 Å². The molecule has 0 saturated heterocycles. The highest BCUT2D eigenvalue weighted by atomic mass is 32.2. The molecule has 0 heterocycles. The molecule has 1 aliphatic carbocycles. The maximum absolute atomic E-state index is 10.1. The third-order valence-corrected chi connectivity index (χ3v) is 5.08. The SMILES string of the molecule is CC(C)CSCC(O)c1ccc(C2CCC2)cc1. The van der Waals surface area contributed by atoms with Gasteiger partial charge in [0.25, 0.3) is 0 Å². The van der Waals surface area contributed by atoms with Crippen molar-refractivity contribution < 1.29 is 5.11 Å². The van der Waals surface area contributed by atoms with Crippen LogP contribution in [0, 0.1) is 5.92 Å². The lowest BCUT2D eigenvalue weighted by molar-refractivity contribution is 0.204. The Kier molecular flexibility index (Phi) is 5.13. The fourth-order valence-electron chi connectivity index (χ4n) is 2.24. The Hall–Kier alpha value is -0.470. The van der Waals surface area contributed by atoms with Crippen molar-refractivity contribution in [3.8, 4) is 0 Å². The Labute approximate surface area is 115 Å². The third-order valence-electron chi connectivity index (χ3n) is 3.62. The lowest BCUT2D eigenvalue weighted by atomic mass is 9.80. The van der Waals surface area contributed by atoms with E-state index in [1.165, 1.54) is 24.8 Å². The second-order valence-electron chi connectivity index (χ2n) is 5.74. The standard InChI is InChI=1S/C16H24OS/c1-12(2)10-18-11-16(17)15-8-6-14(7-9-15)13-4-3-5-13/h6-9,12-13,16-17H,3-5,10-11H2,1-2H3. The van der Waals surface area contributed by atoms with Gasteiger partial charge in [-0.1, -0.05) is 44.5 Å². The van der Waals surface area contributed by atoms with Gasteiger partial charge in [0.15, 0.2) is 0 Å². The molecule has 1 unspecified atom stereocenters. The Morgan fingerprint density at radius 1 is 1.17 bits per heavy atom. The zero-order valence-corrected chi connectivity index (χ0v) is 12.2. The van der Waals surface area contributed by atoms with Crippen molar-refractivity contribution >= 4 is 11.8 Å². The number of rotatable bonds is 6. The van der Waals surface area contributed by atoms with E-state index in [1.54, 1.807) is 0 Å². The minimum Gasteiger partial charge on any atom is -0.388 e. The molecule has 18 heavy (non-hydrogen) atoms. The van der Waals surface area contributed by atoms with Crippen LogP contribution in [0.3, 0.4) is 0 Å². The number of hydrogen-bond acceptors (Lipinski definition) is 2. The monoisotopic (exact) mass is 264 g/mol. The molecule has 100 valence electrons. The van der Waals surface area contributed by atoms with Crippen molar-refractivity contribution in [1.29, 1.82) is 0 Å². The summed E-state index contributed by atoms with van der Waals surface area (Å²) in [5.74, 6) is 3.41. The van der Waals surface area contributed by atoms with Crippen LogP contribution in [0.5, 0.6) is 0 Å². The topological polar surface area (TPSA) is 20.2 Å². The van der Waals surface area contributed by atoms with Crippen LogP contribution in [0.25, 0.3) is 0 Å². The van der Waals surface area contributed by atoms with E-state index in [2.05, 4.69) is 38.1 Å². The van der Waals surface area contributed by atoms with E-state index in [1.807, 2.05) is 11.8 Å². The van der Waals surface area contributed by atoms with Crippen LogP contribution in [0.15, 0.2) is 24.3 Å². The average molecular weight is 264 g/mol. The van der Waals surface area contributed by atoms with Crippen LogP contribution < -0.4 is 0 Å². The molecule has 0 bridgehead atoms. The fraction of sp³-hybridized carbons (Fsp3) is 0.625. The molecular formula is C16H24OS. The first kappa shape index (κ1) is 14.0. The molecule has 1 atom stereocenters. The lowest BCUT2D eigenvalue weighted by Gasteiger charge is -2.26. The highest BCUT2D eigenvalue weighted by Gasteiger charge is 2.19. The third kappa shape index (κ3) is 3.76. The molecule has 0 aliphatic heterocycles. The quantitative estimate of drug-likeness (QED) is 0.823. The molecule has 0 spiro atoms. The molecule has 1 nitrogen and oxygen atoms in total. The Balaban J connectivity index is 1.84. The van der Waals surface area contributed by atoms with Crippen molar-refractivity contribution in [2.75, 3.05) is 11.5 Å². The predicted octanol–water partition coefficient (Wildman–Crippen LogP) is 4.38. The number of hydrogen-bond donors (Lipinski definition) is 1. The summed E-state index contributed by atoms with van der Waals surface area (Å²) in [6.45, 7) is 4.43. The minimum atomic E-state index is -0.316. The van der Waals surface area contributed by atoms with Crippen molar-refractivity contribution in [3.05, 3.63) is 35.4 Å². The smallest absolute Gasteiger partial charge is 0.0880 e. The van der Waals surface area contributed by atoms with Gasteiger partial charge in [-0.05, 0) is 41.6 Å². The molecule has 1 aromatic carbocycles. The molecule has 0 aromatic heterocycles. The van der Waals surface area contributed by atoms with E-state index in [0.717, 1.165) is 23.0 Å². The van der Waals surface area contributed by atoms with Gasteiger partial charge in [0.05, 0.1) is 6.10 Å². The van der Waals surface area contributed by atoms with Crippen LogP contribution in [0.1, 0.15) is 56.3 Å². The van der Waals surface area contributed by atoms with Crippen molar-refractivity contribution in [1.82, 2.24) is 0 Å². The molecular weight excluding hydrogens is 240 g/mol. The predicted molar refractivity (Wildman–Crippen MR) is 80.2 cm³/mol.